The Kier molecular flexibility index (Phi) is 3.25. The zero-order chi connectivity index (χ0) is 14.4. The van der Waals surface area contributed by atoms with E-state index in [0.29, 0.717) is 6.42 Å². The normalized spacial score (nSPS) is 19.4. The third kappa shape index (κ3) is 2.18. The Bertz CT molecular complexity index is 612. The van der Waals surface area contributed by atoms with Gasteiger partial charge in [0.15, 0.2) is 0 Å². The Hall–Kier alpha value is -1.29. The molecule has 0 aliphatic carbocycles. The first-order valence-corrected chi connectivity index (χ1v) is 7.88. The van der Waals surface area contributed by atoms with Crippen LogP contribution < -0.4 is 4.31 Å². The summed E-state index contributed by atoms with van der Waals surface area (Å²) in [6.07, 6.45) is 2.42. The van der Waals surface area contributed by atoms with Crippen molar-refractivity contribution in [1.82, 2.24) is 0 Å². The van der Waals surface area contributed by atoms with Gasteiger partial charge in [-0.25, -0.2) is 8.42 Å². The molecule has 19 heavy (non-hydrogen) atoms. The van der Waals surface area contributed by atoms with Gasteiger partial charge < -0.3 is 0 Å². The van der Waals surface area contributed by atoms with Crippen LogP contribution >= 0.6 is 0 Å². The van der Waals surface area contributed by atoms with Crippen LogP contribution in [-0.2, 0) is 16.4 Å². The predicted molar refractivity (Wildman–Crippen MR) is 80.0 cm³/mol. The molecular formula is C15H21NO2S. The molecule has 1 heterocycles. The minimum absolute atomic E-state index is 0.180. The van der Waals surface area contributed by atoms with Crippen molar-refractivity contribution < 1.29 is 8.42 Å². The molecule has 0 saturated heterocycles. The maximum Gasteiger partial charge on any atom is 0.240 e. The zero-order valence-electron chi connectivity index (χ0n) is 12.0. The summed E-state index contributed by atoms with van der Waals surface area (Å²) in [5, 5.41) is 0. The fourth-order valence-electron chi connectivity index (χ4n) is 2.32. The number of anilines is 1. The fraction of sp³-hybridized carbons (Fsp3) is 0.467. The summed E-state index contributed by atoms with van der Waals surface area (Å²) < 4.78 is 26.3. The van der Waals surface area contributed by atoms with Gasteiger partial charge in [-0.3, -0.25) is 4.31 Å². The van der Waals surface area contributed by atoms with Crippen LogP contribution in [0.5, 0.6) is 0 Å². The summed E-state index contributed by atoms with van der Waals surface area (Å²) in [4.78, 5) is 0. The maximum absolute atomic E-state index is 12.8. The zero-order valence-corrected chi connectivity index (χ0v) is 12.8. The topological polar surface area (TPSA) is 37.4 Å². The Balaban J connectivity index is 2.63. The lowest BCUT2D eigenvalue weighted by molar-refractivity contribution is 0.552. The van der Waals surface area contributed by atoms with Crippen molar-refractivity contribution in [3.8, 4) is 0 Å². The standard InChI is InChI=1S/C15H21NO2S/c1-6-13-10-12-8-7-11(2)9-14(12)16(13)19(17,18)15(3,4)5/h6-9,13H,1,10H2,2-5H3/t13-/m1/s1. The summed E-state index contributed by atoms with van der Waals surface area (Å²) in [5.41, 5.74) is 2.95. The minimum atomic E-state index is -3.41. The molecular weight excluding hydrogens is 258 g/mol. The highest BCUT2D eigenvalue weighted by molar-refractivity contribution is 7.94. The van der Waals surface area contributed by atoms with Crippen molar-refractivity contribution in [2.24, 2.45) is 0 Å². The van der Waals surface area contributed by atoms with Crippen LogP contribution in [0.25, 0.3) is 0 Å². The molecule has 0 spiro atoms. The van der Waals surface area contributed by atoms with Crippen molar-refractivity contribution in [2.75, 3.05) is 4.31 Å². The lowest BCUT2D eigenvalue weighted by Gasteiger charge is -2.32. The van der Waals surface area contributed by atoms with Gasteiger partial charge in [0.05, 0.1) is 16.5 Å². The molecule has 1 aliphatic rings. The maximum atomic E-state index is 12.8. The molecule has 1 aromatic rings. The van der Waals surface area contributed by atoms with Gasteiger partial charge in [0.1, 0.15) is 0 Å². The lowest BCUT2D eigenvalue weighted by Crippen LogP contribution is -2.46. The molecule has 0 bridgehead atoms. The SMILES string of the molecule is C=C[C@@H]1Cc2ccc(C)cc2N1S(=O)(=O)C(C)(C)C. The highest BCUT2D eigenvalue weighted by Crippen LogP contribution is 2.38. The van der Waals surface area contributed by atoms with Crippen LogP contribution in [-0.4, -0.2) is 19.2 Å². The van der Waals surface area contributed by atoms with Crippen molar-refractivity contribution in [2.45, 2.75) is 44.9 Å². The Morgan fingerprint density at radius 3 is 2.53 bits per heavy atom. The fourth-order valence-corrected chi connectivity index (χ4v) is 3.86. The number of benzene rings is 1. The molecule has 0 N–H and O–H groups in total. The predicted octanol–water partition coefficient (Wildman–Crippen LogP) is 3.04. The molecule has 0 saturated carbocycles. The van der Waals surface area contributed by atoms with Crippen LogP contribution in [0.2, 0.25) is 0 Å². The first kappa shape index (κ1) is 14.1. The summed E-state index contributed by atoms with van der Waals surface area (Å²) in [5.74, 6) is 0. The molecule has 0 aromatic heterocycles. The van der Waals surface area contributed by atoms with E-state index in [1.807, 2.05) is 25.1 Å². The molecule has 1 aliphatic heterocycles. The van der Waals surface area contributed by atoms with Gasteiger partial charge in [-0.2, -0.15) is 0 Å². The summed E-state index contributed by atoms with van der Waals surface area (Å²) >= 11 is 0. The van der Waals surface area contributed by atoms with Crippen LogP contribution in [0.4, 0.5) is 5.69 Å². The van der Waals surface area contributed by atoms with Crippen molar-refractivity contribution >= 4 is 15.7 Å². The van der Waals surface area contributed by atoms with E-state index in [2.05, 4.69) is 6.58 Å². The molecule has 0 amide bonds. The molecule has 3 nitrogen and oxygen atoms in total. The Labute approximate surface area is 116 Å². The number of hydrogen-bond donors (Lipinski definition) is 0. The quantitative estimate of drug-likeness (QED) is 0.780. The van der Waals surface area contributed by atoms with Gasteiger partial charge in [-0.15, -0.1) is 6.58 Å². The molecule has 1 atom stereocenters. The Morgan fingerprint density at radius 1 is 1.37 bits per heavy atom. The molecule has 1 aromatic carbocycles. The molecule has 0 radical (unpaired) electrons. The van der Waals surface area contributed by atoms with E-state index in [9.17, 15) is 8.42 Å². The van der Waals surface area contributed by atoms with E-state index in [1.165, 1.54) is 0 Å². The number of hydrogen-bond acceptors (Lipinski definition) is 2. The van der Waals surface area contributed by atoms with E-state index in [4.69, 9.17) is 0 Å². The lowest BCUT2D eigenvalue weighted by atomic mass is 10.1. The smallest absolute Gasteiger partial charge is 0.240 e. The monoisotopic (exact) mass is 279 g/mol. The van der Waals surface area contributed by atoms with Crippen molar-refractivity contribution in [3.63, 3.8) is 0 Å². The third-order valence-corrected chi connectivity index (χ3v) is 6.05. The van der Waals surface area contributed by atoms with E-state index < -0.39 is 14.8 Å². The number of sulfonamides is 1. The highest BCUT2D eigenvalue weighted by atomic mass is 32.2. The van der Waals surface area contributed by atoms with Crippen LogP contribution in [0.1, 0.15) is 31.9 Å². The van der Waals surface area contributed by atoms with Gasteiger partial charge in [0.25, 0.3) is 0 Å². The number of rotatable bonds is 2. The van der Waals surface area contributed by atoms with Gasteiger partial charge >= 0.3 is 0 Å². The van der Waals surface area contributed by atoms with E-state index in [-0.39, 0.29) is 6.04 Å². The van der Waals surface area contributed by atoms with Gasteiger partial charge in [-0.1, -0.05) is 18.2 Å². The number of fused-ring (bicyclic) bond motifs is 1. The minimum Gasteiger partial charge on any atom is -0.262 e. The first-order valence-electron chi connectivity index (χ1n) is 6.44. The molecule has 4 heteroatoms. The molecule has 0 unspecified atom stereocenters. The van der Waals surface area contributed by atoms with E-state index in [1.54, 1.807) is 31.2 Å². The first-order chi connectivity index (χ1) is 8.68. The highest BCUT2D eigenvalue weighted by Gasteiger charge is 2.42. The summed E-state index contributed by atoms with van der Waals surface area (Å²) in [6.45, 7) is 11.0. The molecule has 2 rings (SSSR count). The van der Waals surface area contributed by atoms with Crippen LogP contribution in [0.15, 0.2) is 30.9 Å². The summed E-state index contributed by atoms with van der Waals surface area (Å²) in [7, 11) is -3.41. The molecule has 104 valence electrons. The number of aryl methyl sites for hydroxylation is 1. The Morgan fingerprint density at radius 2 is 2.00 bits per heavy atom. The molecule has 0 fully saturated rings. The second-order valence-electron chi connectivity index (χ2n) is 6.05. The van der Waals surface area contributed by atoms with Gasteiger partial charge in [0, 0.05) is 0 Å². The van der Waals surface area contributed by atoms with Crippen molar-refractivity contribution in [1.29, 1.82) is 0 Å². The van der Waals surface area contributed by atoms with Crippen molar-refractivity contribution in [3.05, 3.63) is 42.0 Å². The largest absolute Gasteiger partial charge is 0.262 e. The van der Waals surface area contributed by atoms with Crippen LogP contribution in [0, 0.1) is 6.92 Å². The third-order valence-electron chi connectivity index (χ3n) is 3.51. The number of nitrogens with zero attached hydrogens (tertiary/aromatic N) is 1. The average Bonchev–Trinajstić information content (AvgIpc) is 2.65. The van der Waals surface area contributed by atoms with Crippen LogP contribution in [0.3, 0.4) is 0 Å². The second kappa shape index (κ2) is 4.37. The second-order valence-corrected chi connectivity index (χ2v) is 8.62. The van der Waals surface area contributed by atoms with Gasteiger partial charge in [-0.05, 0) is 51.3 Å². The van der Waals surface area contributed by atoms with E-state index >= 15 is 0 Å². The van der Waals surface area contributed by atoms with E-state index in [0.717, 1.165) is 16.8 Å². The van der Waals surface area contributed by atoms with Gasteiger partial charge in [0.2, 0.25) is 10.0 Å². The average molecular weight is 279 g/mol. The summed E-state index contributed by atoms with van der Waals surface area (Å²) in [6, 6.07) is 5.80.